The Balaban J connectivity index is 2.33. The fourth-order valence-electron chi connectivity index (χ4n) is 2.03. The number of nitrogens with two attached hydrogens (primary N) is 1. The van der Waals surface area contributed by atoms with Crippen LogP contribution in [-0.4, -0.2) is 9.97 Å². The van der Waals surface area contributed by atoms with Crippen LogP contribution >= 0.6 is 12.2 Å². The highest BCUT2D eigenvalue weighted by molar-refractivity contribution is 7.80. The number of aromatic nitrogens is 1. The van der Waals surface area contributed by atoms with Crippen LogP contribution in [0.1, 0.15) is 37.6 Å². The Morgan fingerprint density at radius 1 is 1.19 bits per heavy atom. The van der Waals surface area contributed by atoms with Crippen LogP contribution < -0.4 is 10.5 Å². The standard InChI is InChI=1S/C17H20N2OS/c1-11-5-8-15(13(9-11)17(2,3)4)20-12-6-7-14(16(18)21)19-10-12/h5-10H,1-4H3,(H2,18,21). The SMILES string of the molecule is Cc1ccc(Oc2ccc(C(N)=S)nc2)c(C(C)(C)C)c1. The Morgan fingerprint density at radius 2 is 1.90 bits per heavy atom. The summed E-state index contributed by atoms with van der Waals surface area (Å²) in [5.41, 5.74) is 8.53. The molecule has 0 amide bonds. The van der Waals surface area contributed by atoms with Crippen LogP contribution in [0.2, 0.25) is 0 Å². The number of hydrogen-bond acceptors (Lipinski definition) is 3. The van der Waals surface area contributed by atoms with Gasteiger partial charge in [-0.3, -0.25) is 0 Å². The lowest BCUT2D eigenvalue weighted by molar-refractivity contribution is 0.453. The first-order valence-corrected chi connectivity index (χ1v) is 7.23. The van der Waals surface area contributed by atoms with Crippen molar-refractivity contribution in [3.63, 3.8) is 0 Å². The molecule has 2 aromatic rings. The molecule has 2 rings (SSSR count). The molecule has 110 valence electrons. The number of hydrogen-bond donors (Lipinski definition) is 1. The molecule has 0 unspecified atom stereocenters. The minimum absolute atomic E-state index is 0.00749. The zero-order valence-electron chi connectivity index (χ0n) is 12.8. The van der Waals surface area contributed by atoms with Crippen molar-refractivity contribution in [1.29, 1.82) is 0 Å². The largest absolute Gasteiger partial charge is 0.455 e. The van der Waals surface area contributed by atoms with Gasteiger partial charge in [-0.2, -0.15) is 0 Å². The highest BCUT2D eigenvalue weighted by Crippen LogP contribution is 2.34. The quantitative estimate of drug-likeness (QED) is 0.866. The first kappa shape index (κ1) is 15.4. The van der Waals surface area contributed by atoms with Crippen LogP contribution in [0.15, 0.2) is 36.5 Å². The van der Waals surface area contributed by atoms with E-state index in [1.807, 2.05) is 18.2 Å². The molecule has 0 saturated heterocycles. The number of ether oxygens (including phenoxy) is 1. The van der Waals surface area contributed by atoms with Gasteiger partial charge in [-0.15, -0.1) is 0 Å². The molecule has 0 saturated carbocycles. The van der Waals surface area contributed by atoms with Crippen LogP contribution in [-0.2, 0) is 5.41 Å². The Morgan fingerprint density at radius 3 is 2.43 bits per heavy atom. The Hall–Kier alpha value is -1.94. The maximum absolute atomic E-state index is 5.98. The summed E-state index contributed by atoms with van der Waals surface area (Å²) in [6.45, 7) is 8.59. The van der Waals surface area contributed by atoms with Crippen molar-refractivity contribution in [3.05, 3.63) is 53.3 Å². The van der Waals surface area contributed by atoms with E-state index in [0.717, 1.165) is 5.75 Å². The van der Waals surface area contributed by atoms with Crippen molar-refractivity contribution < 1.29 is 4.74 Å². The predicted molar refractivity (Wildman–Crippen MR) is 90.1 cm³/mol. The highest BCUT2D eigenvalue weighted by atomic mass is 32.1. The highest BCUT2D eigenvalue weighted by Gasteiger charge is 2.19. The zero-order chi connectivity index (χ0) is 15.6. The normalized spacial score (nSPS) is 11.2. The van der Waals surface area contributed by atoms with Gasteiger partial charge in [0, 0.05) is 5.56 Å². The van der Waals surface area contributed by atoms with E-state index in [9.17, 15) is 0 Å². The van der Waals surface area contributed by atoms with E-state index >= 15 is 0 Å². The fraction of sp³-hybridized carbons (Fsp3) is 0.294. The van der Waals surface area contributed by atoms with Gasteiger partial charge in [0.1, 0.15) is 16.5 Å². The first-order chi connectivity index (χ1) is 9.77. The smallest absolute Gasteiger partial charge is 0.145 e. The Labute approximate surface area is 131 Å². The van der Waals surface area contributed by atoms with Crippen molar-refractivity contribution in [2.45, 2.75) is 33.1 Å². The third-order valence-electron chi connectivity index (χ3n) is 3.16. The topological polar surface area (TPSA) is 48.1 Å². The van der Waals surface area contributed by atoms with Crippen LogP contribution in [0.4, 0.5) is 0 Å². The van der Waals surface area contributed by atoms with Crippen LogP contribution in [0.5, 0.6) is 11.5 Å². The molecule has 2 N–H and O–H groups in total. The molecular weight excluding hydrogens is 280 g/mol. The lowest BCUT2D eigenvalue weighted by Gasteiger charge is -2.23. The minimum atomic E-state index is 0.00749. The number of benzene rings is 1. The van der Waals surface area contributed by atoms with Crippen molar-refractivity contribution in [1.82, 2.24) is 4.98 Å². The molecule has 0 aliphatic rings. The van der Waals surface area contributed by atoms with Crippen molar-refractivity contribution in [2.24, 2.45) is 5.73 Å². The monoisotopic (exact) mass is 300 g/mol. The first-order valence-electron chi connectivity index (χ1n) is 6.82. The Kier molecular flexibility index (Phi) is 4.28. The lowest BCUT2D eigenvalue weighted by atomic mass is 9.85. The molecule has 4 heteroatoms. The van der Waals surface area contributed by atoms with Gasteiger partial charge >= 0.3 is 0 Å². The maximum Gasteiger partial charge on any atom is 0.145 e. The van der Waals surface area contributed by atoms with Gasteiger partial charge in [0.25, 0.3) is 0 Å². The third-order valence-corrected chi connectivity index (χ3v) is 3.37. The molecule has 0 spiro atoms. The maximum atomic E-state index is 5.98. The molecule has 3 nitrogen and oxygen atoms in total. The molecule has 0 fully saturated rings. The molecular formula is C17H20N2OS. The van der Waals surface area contributed by atoms with Crippen molar-refractivity contribution >= 4 is 17.2 Å². The lowest BCUT2D eigenvalue weighted by Crippen LogP contribution is -2.13. The molecule has 1 aromatic heterocycles. The second kappa shape index (κ2) is 5.82. The summed E-state index contributed by atoms with van der Waals surface area (Å²) in [5, 5.41) is 0. The number of aryl methyl sites for hydroxylation is 1. The van der Waals surface area contributed by atoms with Gasteiger partial charge in [0.2, 0.25) is 0 Å². The molecule has 0 atom stereocenters. The molecule has 1 aromatic carbocycles. The van der Waals surface area contributed by atoms with E-state index in [-0.39, 0.29) is 10.4 Å². The average Bonchev–Trinajstić information content (AvgIpc) is 2.40. The van der Waals surface area contributed by atoms with E-state index in [0.29, 0.717) is 11.4 Å². The average molecular weight is 300 g/mol. The van der Waals surface area contributed by atoms with Crippen molar-refractivity contribution in [3.8, 4) is 11.5 Å². The number of nitrogens with zero attached hydrogens (tertiary/aromatic N) is 1. The second-order valence-corrected chi connectivity index (χ2v) is 6.53. The number of rotatable bonds is 3. The summed E-state index contributed by atoms with van der Waals surface area (Å²) in [6.07, 6.45) is 1.64. The molecule has 0 aliphatic heterocycles. The number of pyridine rings is 1. The zero-order valence-corrected chi connectivity index (χ0v) is 13.6. The summed E-state index contributed by atoms with van der Waals surface area (Å²) >= 11 is 4.89. The van der Waals surface area contributed by atoms with Gasteiger partial charge < -0.3 is 10.5 Å². The molecule has 1 heterocycles. The Bertz CT molecular complexity index is 657. The van der Waals surface area contributed by atoms with Crippen LogP contribution in [0.25, 0.3) is 0 Å². The molecule has 0 radical (unpaired) electrons. The summed E-state index contributed by atoms with van der Waals surface area (Å²) in [7, 11) is 0. The molecule has 21 heavy (non-hydrogen) atoms. The van der Waals surface area contributed by atoms with Gasteiger partial charge in [-0.05, 0) is 30.5 Å². The fourth-order valence-corrected chi connectivity index (χ4v) is 2.15. The van der Waals surface area contributed by atoms with Gasteiger partial charge in [-0.25, -0.2) is 4.98 Å². The van der Waals surface area contributed by atoms with E-state index < -0.39 is 0 Å². The van der Waals surface area contributed by atoms with Crippen LogP contribution in [0, 0.1) is 6.92 Å². The summed E-state index contributed by atoms with van der Waals surface area (Å²) in [4.78, 5) is 4.48. The predicted octanol–water partition coefficient (Wildman–Crippen LogP) is 4.11. The summed E-state index contributed by atoms with van der Waals surface area (Å²) in [6, 6.07) is 9.79. The van der Waals surface area contributed by atoms with Crippen LogP contribution in [0.3, 0.4) is 0 Å². The van der Waals surface area contributed by atoms with Gasteiger partial charge in [-0.1, -0.05) is 50.7 Å². The van der Waals surface area contributed by atoms with E-state index in [1.54, 1.807) is 12.3 Å². The van der Waals surface area contributed by atoms with E-state index in [1.165, 1.54) is 11.1 Å². The number of thiocarbonyl (C=S) groups is 1. The molecule has 0 aliphatic carbocycles. The molecule has 0 bridgehead atoms. The minimum Gasteiger partial charge on any atom is -0.455 e. The van der Waals surface area contributed by atoms with E-state index in [4.69, 9.17) is 22.7 Å². The van der Waals surface area contributed by atoms with Gasteiger partial charge in [0.05, 0.1) is 11.9 Å². The third kappa shape index (κ3) is 3.79. The van der Waals surface area contributed by atoms with Crippen molar-refractivity contribution in [2.75, 3.05) is 0 Å². The summed E-state index contributed by atoms with van der Waals surface area (Å²) in [5.74, 6) is 1.52. The van der Waals surface area contributed by atoms with E-state index in [2.05, 4.69) is 38.7 Å². The van der Waals surface area contributed by atoms with Gasteiger partial charge in [0.15, 0.2) is 0 Å². The summed E-state index contributed by atoms with van der Waals surface area (Å²) < 4.78 is 5.98. The second-order valence-electron chi connectivity index (χ2n) is 6.10.